The van der Waals surface area contributed by atoms with Crippen molar-refractivity contribution in [1.29, 1.82) is 0 Å². The summed E-state index contributed by atoms with van der Waals surface area (Å²) in [5.41, 5.74) is 3.80. The van der Waals surface area contributed by atoms with Crippen LogP contribution < -0.4 is 5.73 Å². The van der Waals surface area contributed by atoms with Crippen LogP contribution in [0, 0.1) is 0 Å². The van der Waals surface area contributed by atoms with Crippen molar-refractivity contribution in [3.8, 4) is 0 Å². The number of carbonyl (C=O) groups is 2. The van der Waals surface area contributed by atoms with Crippen molar-refractivity contribution in [2.45, 2.75) is 45.1 Å². The summed E-state index contributed by atoms with van der Waals surface area (Å²) < 4.78 is 4.70. The van der Waals surface area contributed by atoms with Crippen molar-refractivity contribution in [1.82, 2.24) is 0 Å². The van der Waals surface area contributed by atoms with Crippen LogP contribution in [0.1, 0.15) is 39.5 Å². The summed E-state index contributed by atoms with van der Waals surface area (Å²) in [5.74, 6) is 0. The largest absolute Gasteiger partial charge is 0.436 e. The van der Waals surface area contributed by atoms with Gasteiger partial charge in [0.1, 0.15) is 0 Å². The number of rotatable bonds is 6. The van der Waals surface area contributed by atoms with Gasteiger partial charge in [-0.05, 0) is 19.8 Å². The molecule has 76 valence electrons. The van der Waals surface area contributed by atoms with Crippen LogP contribution in [0.15, 0.2) is 0 Å². The van der Waals surface area contributed by atoms with Crippen LogP contribution in [-0.2, 0) is 9.53 Å². The molecule has 0 saturated heterocycles. The Morgan fingerprint density at radius 2 is 2.15 bits per heavy atom. The zero-order valence-corrected chi connectivity index (χ0v) is 8.21. The molecule has 0 heterocycles. The lowest BCUT2D eigenvalue weighted by atomic mass is 10.00. The lowest BCUT2D eigenvalue weighted by Gasteiger charge is -2.21. The summed E-state index contributed by atoms with van der Waals surface area (Å²) in [6.07, 6.45) is 3.21. The minimum atomic E-state index is -1.04. The topological polar surface area (TPSA) is 69.4 Å². The minimum absolute atomic E-state index is 0.535. The second-order valence-electron chi connectivity index (χ2n) is 3.31. The molecule has 0 aromatic carbocycles. The van der Waals surface area contributed by atoms with E-state index in [2.05, 4.69) is 6.92 Å². The average Bonchev–Trinajstić information content (AvgIpc) is 2.04. The number of carbonyl (C=O) groups excluding carboxylic acids is 2. The lowest BCUT2D eigenvalue weighted by Crippen LogP contribution is -2.35. The van der Waals surface area contributed by atoms with E-state index in [1.54, 1.807) is 6.92 Å². The molecule has 0 unspecified atom stereocenters. The van der Waals surface area contributed by atoms with Gasteiger partial charge >= 0.3 is 6.09 Å². The first-order valence-corrected chi connectivity index (χ1v) is 4.49. The Labute approximate surface area is 78.4 Å². The summed E-state index contributed by atoms with van der Waals surface area (Å²) in [7, 11) is 0. The highest BCUT2D eigenvalue weighted by Gasteiger charge is 2.26. The first-order chi connectivity index (χ1) is 6.04. The standard InChI is InChI=1S/C9H17NO3/c1-3-4-5-6-9(2,7-11)13-8(10)12/h7H,3-6H2,1-2H3,(H2,10,12)/t9-/m0/s1. The third-order valence-electron chi connectivity index (χ3n) is 1.86. The van der Waals surface area contributed by atoms with E-state index in [-0.39, 0.29) is 0 Å². The predicted octanol–water partition coefficient (Wildman–Crippen LogP) is 1.62. The van der Waals surface area contributed by atoms with Gasteiger partial charge in [-0.25, -0.2) is 4.79 Å². The quantitative estimate of drug-likeness (QED) is 0.507. The van der Waals surface area contributed by atoms with Crippen LogP contribution in [0.5, 0.6) is 0 Å². The van der Waals surface area contributed by atoms with E-state index >= 15 is 0 Å². The number of ether oxygens (including phenoxy) is 1. The van der Waals surface area contributed by atoms with Gasteiger partial charge in [-0.1, -0.05) is 19.8 Å². The summed E-state index contributed by atoms with van der Waals surface area (Å²) in [6, 6.07) is 0. The van der Waals surface area contributed by atoms with Gasteiger partial charge in [-0.2, -0.15) is 0 Å². The van der Waals surface area contributed by atoms with E-state index in [1.165, 1.54) is 0 Å². The molecule has 0 aromatic rings. The molecule has 0 spiro atoms. The van der Waals surface area contributed by atoms with Crippen molar-refractivity contribution >= 4 is 12.4 Å². The van der Waals surface area contributed by atoms with Crippen LogP contribution in [0.25, 0.3) is 0 Å². The van der Waals surface area contributed by atoms with Crippen molar-refractivity contribution in [3.05, 3.63) is 0 Å². The molecule has 0 saturated carbocycles. The van der Waals surface area contributed by atoms with Gasteiger partial charge in [0.2, 0.25) is 0 Å². The van der Waals surface area contributed by atoms with Crippen LogP contribution in [0.4, 0.5) is 4.79 Å². The Hall–Kier alpha value is -1.06. The van der Waals surface area contributed by atoms with Gasteiger partial charge in [-0.3, -0.25) is 4.79 Å². The molecule has 2 N–H and O–H groups in total. The molecule has 13 heavy (non-hydrogen) atoms. The Morgan fingerprint density at radius 3 is 2.54 bits per heavy atom. The third kappa shape index (κ3) is 5.22. The summed E-state index contributed by atoms with van der Waals surface area (Å²) >= 11 is 0. The molecule has 4 nitrogen and oxygen atoms in total. The molecular weight excluding hydrogens is 170 g/mol. The highest BCUT2D eigenvalue weighted by molar-refractivity contribution is 5.71. The Morgan fingerprint density at radius 1 is 1.54 bits per heavy atom. The molecule has 0 rings (SSSR count). The lowest BCUT2D eigenvalue weighted by molar-refractivity contribution is -0.123. The van der Waals surface area contributed by atoms with E-state index in [0.29, 0.717) is 12.7 Å². The zero-order valence-electron chi connectivity index (χ0n) is 8.21. The number of nitrogens with two attached hydrogens (primary N) is 1. The first-order valence-electron chi connectivity index (χ1n) is 4.49. The van der Waals surface area contributed by atoms with E-state index < -0.39 is 11.7 Å². The maximum Gasteiger partial charge on any atom is 0.405 e. The van der Waals surface area contributed by atoms with Crippen LogP contribution in [-0.4, -0.2) is 18.0 Å². The van der Waals surface area contributed by atoms with E-state index in [4.69, 9.17) is 10.5 Å². The highest BCUT2D eigenvalue weighted by Crippen LogP contribution is 2.16. The average molecular weight is 187 g/mol. The number of aldehydes is 1. The van der Waals surface area contributed by atoms with Gasteiger partial charge in [-0.15, -0.1) is 0 Å². The smallest absolute Gasteiger partial charge is 0.405 e. The zero-order chi connectivity index (χ0) is 10.3. The molecule has 0 bridgehead atoms. The Kier molecular flexibility index (Phi) is 5.11. The van der Waals surface area contributed by atoms with Crippen molar-refractivity contribution in [3.63, 3.8) is 0 Å². The molecule has 0 aliphatic rings. The van der Waals surface area contributed by atoms with E-state index in [0.717, 1.165) is 19.3 Å². The number of hydrogen-bond acceptors (Lipinski definition) is 3. The molecule has 0 radical (unpaired) electrons. The van der Waals surface area contributed by atoms with Gasteiger partial charge in [0.05, 0.1) is 0 Å². The monoisotopic (exact) mass is 187 g/mol. The fourth-order valence-corrected chi connectivity index (χ4v) is 1.09. The Balaban J connectivity index is 3.96. The number of hydrogen-bond donors (Lipinski definition) is 1. The molecule has 0 fully saturated rings. The van der Waals surface area contributed by atoms with Gasteiger partial charge in [0.25, 0.3) is 0 Å². The molecule has 0 aliphatic heterocycles. The molecule has 1 atom stereocenters. The van der Waals surface area contributed by atoms with E-state index in [1.807, 2.05) is 0 Å². The predicted molar refractivity (Wildman–Crippen MR) is 49.3 cm³/mol. The number of unbranched alkanes of at least 4 members (excludes halogenated alkanes) is 2. The molecule has 1 amide bonds. The fourth-order valence-electron chi connectivity index (χ4n) is 1.09. The summed E-state index contributed by atoms with van der Waals surface area (Å²) in [5, 5.41) is 0. The van der Waals surface area contributed by atoms with Crippen molar-refractivity contribution < 1.29 is 14.3 Å². The molecule has 4 heteroatoms. The van der Waals surface area contributed by atoms with Crippen molar-refractivity contribution in [2.24, 2.45) is 5.73 Å². The maximum absolute atomic E-state index is 10.6. The molecule has 0 aliphatic carbocycles. The van der Waals surface area contributed by atoms with Crippen LogP contribution in [0.3, 0.4) is 0 Å². The number of amides is 1. The number of primary amides is 1. The van der Waals surface area contributed by atoms with Crippen molar-refractivity contribution in [2.75, 3.05) is 0 Å². The normalized spacial score (nSPS) is 14.6. The summed E-state index contributed by atoms with van der Waals surface area (Å²) in [6.45, 7) is 3.63. The van der Waals surface area contributed by atoms with Gasteiger partial charge in [0.15, 0.2) is 11.9 Å². The fraction of sp³-hybridized carbons (Fsp3) is 0.778. The Bertz CT molecular complexity index is 182. The maximum atomic E-state index is 10.6. The highest BCUT2D eigenvalue weighted by atomic mass is 16.6. The molecular formula is C9H17NO3. The second kappa shape index (κ2) is 5.56. The minimum Gasteiger partial charge on any atom is -0.436 e. The first kappa shape index (κ1) is 11.9. The SMILES string of the molecule is CCCCC[C@@](C)(C=O)OC(N)=O. The molecule has 0 aromatic heterocycles. The van der Waals surface area contributed by atoms with Crippen LogP contribution >= 0.6 is 0 Å². The van der Waals surface area contributed by atoms with Gasteiger partial charge in [0, 0.05) is 0 Å². The van der Waals surface area contributed by atoms with Crippen LogP contribution in [0.2, 0.25) is 0 Å². The van der Waals surface area contributed by atoms with E-state index in [9.17, 15) is 9.59 Å². The van der Waals surface area contributed by atoms with Gasteiger partial charge < -0.3 is 10.5 Å². The summed E-state index contributed by atoms with van der Waals surface area (Å²) in [4.78, 5) is 21.1. The third-order valence-corrected chi connectivity index (χ3v) is 1.86. The second-order valence-corrected chi connectivity index (χ2v) is 3.31.